The van der Waals surface area contributed by atoms with Gasteiger partial charge in [0.05, 0.1) is 10.9 Å². The quantitative estimate of drug-likeness (QED) is 0.871. The van der Waals surface area contributed by atoms with Crippen molar-refractivity contribution < 1.29 is 13.2 Å². The number of carbonyl (C=O) groups is 1. The summed E-state index contributed by atoms with van der Waals surface area (Å²) < 4.78 is 26.5. The lowest BCUT2D eigenvalue weighted by Crippen LogP contribution is -2.44. The van der Waals surface area contributed by atoms with Crippen LogP contribution in [0.4, 0.5) is 0 Å². The minimum absolute atomic E-state index is 0. The Balaban J connectivity index is 0.00000242. The second kappa shape index (κ2) is 7.92. The highest BCUT2D eigenvalue weighted by Crippen LogP contribution is 2.17. The highest BCUT2D eigenvalue weighted by molar-refractivity contribution is 7.89. The van der Waals surface area contributed by atoms with E-state index in [1.807, 2.05) is 0 Å². The number of hydrogen-bond donors (Lipinski definition) is 1. The van der Waals surface area contributed by atoms with Gasteiger partial charge < -0.3 is 10.6 Å². The molecule has 0 radical (unpaired) electrons. The molecule has 8 heteroatoms. The summed E-state index contributed by atoms with van der Waals surface area (Å²) in [5.41, 5.74) is 5.61. The molecule has 1 saturated heterocycles. The molecule has 124 valence electrons. The number of nitrogens with zero attached hydrogens (tertiary/aromatic N) is 2. The van der Waals surface area contributed by atoms with Crippen molar-refractivity contribution in [3.63, 3.8) is 0 Å². The van der Waals surface area contributed by atoms with E-state index >= 15 is 0 Å². The second-order valence-electron chi connectivity index (χ2n) is 5.18. The van der Waals surface area contributed by atoms with E-state index in [4.69, 9.17) is 5.73 Å². The molecule has 1 aliphatic heterocycles. The van der Waals surface area contributed by atoms with E-state index < -0.39 is 16.1 Å². The van der Waals surface area contributed by atoms with E-state index in [9.17, 15) is 13.2 Å². The molecule has 0 aliphatic carbocycles. The minimum atomic E-state index is -3.49. The van der Waals surface area contributed by atoms with Crippen molar-refractivity contribution >= 4 is 28.3 Å². The molecule has 0 aromatic heterocycles. The van der Waals surface area contributed by atoms with Crippen LogP contribution in [0.3, 0.4) is 0 Å². The fraction of sp³-hybridized carbons (Fsp3) is 0.500. The molecule has 0 saturated carbocycles. The Morgan fingerprint density at radius 2 is 1.77 bits per heavy atom. The van der Waals surface area contributed by atoms with Crippen molar-refractivity contribution in [2.24, 2.45) is 5.73 Å². The molecule has 22 heavy (non-hydrogen) atoms. The van der Waals surface area contributed by atoms with Crippen molar-refractivity contribution in [2.45, 2.75) is 24.3 Å². The molecule has 0 unspecified atom stereocenters. The van der Waals surface area contributed by atoms with E-state index in [1.54, 1.807) is 42.2 Å². The number of amides is 1. The summed E-state index contributed by atoms with van der Waals surface area (Å²) in [6.07, 6.45) is 0.616. The van der Waals surface area contributed by atoms with E-state index in [0.29, 0.717) is 32.6 Å². The molecule has 1 aliphatic rings. The third-order valence-electron chi connectivity index (χ3n) is 3.54. The van der Waals surface area contributed by atoms with E-state index in [1.165, 1.54) is 4.31 Å². The zero-order valence-corrected chi connectivity index (χ0v) is 14.1. The summed E-state index contributed by atoms with van der Waals surface area (Å²) in [7, 11) is -3.49. The Morgan fingerprint density at radius 3 is 2.36 bits per heavy atom. The number of hydrogen-bond acceptors (Lipinski definition) is 4. The van der Waals surface area contributed by atoms with Crippen LogP contribution >= 0.6 is 12.4 Å². The Morgan fingerprint density at radius 1 is 1.14 bits per heavy atom. The van der Waals surface area contributed by atoms with Crippen LogP contribution in [0.25, 0.3) is 0 Å². The molecule has 1 atom stereocenters. The number of benzene rings is 1. The number of halogens is 1. The van der Waals surface area contributed by atoms with E-state index in [-0.39, 0.29) is 23.2 Å². The molecule has 1 amide bonds. The molecule has 1 aromatic rings. The molecule has 1 aromatic carbocycles. The number of sulfonamides is 1. The van der Waals surface area contributed by atoms with Gasteiger partial charge in [-0.3, -0.25) is 4.79 Å². The molecular weight excluding hydrogens is 326 g/mol. The van der Waals surface area contributed by atoms with Gasteiger partial charge in [-0.1, -0.05) is 18.2 Å². The zero-order valence-electron chi connectivity index (χ0n) is 12.5. The molecule has 0 bridgehead atoms. The zero-order chi connectivity index (χ0) is 15.5. The summed E-state index contributed by atoms with van der Waals surface area (Å²) >= 11 is 0. The lowest BCUT2D eigenvalue weighted by atomic mass is 10.3. The smallest absolute Gasteiger partial charge is 0.243 e. The summed E-state index contributed by atoms with van der Waals surface area (Å²) in [5.74, 6) is -0.131. The summed E-state index contributed by atoms with van der Waals surface area (Å²) in [6.45, 7) is 3.29. The predicted octanol–water partition coefficient (Wildman–Crippen LogP) is 0.679. The van der Waals surface area contributed by atoms with Crippen LogP contribution in [0.1, 0.15) is 13.3 Å². The highest BCUT2D eigenvalue weighted by Gasteiger charge is 2.28. The topological polar surface area (TPSA) is 83.7 Å². The third kappa shape index (κ3) is 4.19. The first-order valence-electron chi connectivity index (χ1n) is 7.02. The molecule has 6 nitrogen and oxygen atoms in total. The van der Waals surface area contributed by atoms with Gasteiger partial charge >= 0.3 is 0 Å². The fourth-order valence-corrected chi connectivity index (χ4v) is 3.87. The van der Waals surface area contributed by atoms with Gasteiger partial charge in [0.15, 0.2) is 0 Å². The van der Waals surface area contributed by atoms with Gasteiger partial charge in [-0.05, 0) is 25.5 Å². The third-order valence-corrected chi connectivity index (χ3v) is 5.45. The van der Waals surface area contributed by atoms with Crippen LogP contribution in [0.2, 0.25) is 0 Å². The number of nitrogens with two attached hydrogens (primary N) is 1. The summed E-state index contributed by atoms with van der Waals surface area (Å²) in [4.78, 5) is 13.8. The normalized spacial score (nSPS) is 18.2. The van der Waals surface area contributed by atoms with E-state index in [2.05, 4.69) is 0 Å². The van der Waals surface area contributed by atoms with Gasteiger partial charge in [-0.25, -0.2) is 8.42 Å². The monoisotopic (exact) mass is 347 g/mol. The molecular formula is C14H22ClN3O3S. The Labute approximate surface area is 137 Å². The minimum Gasteiger partial charge on any atom is -0.340 e. The Bertz CT molecular complexity index is 593. The predicted molar refractivity (Wildman–Crippen MR) is 87.3 cm³/mol. The second-order valence-corrected chi connectivity index (χ2v) is 7.12. The van der Waals surface area contributed by atoms with Crippen molar-refractivity contribution in [3.8, 4) is 0 Å². The Kier molecular flexibility index (Phi) is 6.80. The first-order chi connectivity index (χ1) is 9.93. The van der Waals surface area contributed by atoms with Crippen LogP contribution in [-0.2, 0) is 14.8 Å². The van der Waals surface area contributed by atoms with Crippen LogP contribution < -0.4 is 5.73 Å². The van der Waals surface area contributed by atoms with Gasteiger partial charge in [0, 0.05) is 26.2 Å². The lowest BCUT2D eigenvalue weighted by molar-refractivity contribution is -0.132. The van der Waals surface area contributed by atoms with Gasteiger partial charge in [0.25, 0.3) is 0 Å². The maximum atomic E-state index is 12.5. The maximum absolute atomic E-state index is 12.5. The molecule has 1 heterocycles. The van der Waals surface area contributed by atoms with Crippen LogP contribution in [0, 0.1) is 0 Å². The highest BCUT2D eigenvalue weighted by atomic mass is 35.5. The van der Waals surface area contributed by atoms with Gasteiger partial charge in [-0.15, -0.1) is 12.4 Å². The van der Waals surface area contributed by atoms with Gasteiger partial charge in [-0.2, -0.15) is 4.31 Å². The fourth-order valence-electron chi connectivity index (χ4n) is 2.38. The summed E-state index contributed by atoms with van der Waals surface area (Å²) in [5, 5.41) is 0. The van der Waals surface area contributed by atoms with E-state index in [0.717, 1.165) is 0 Å². The molecule has 1 fully saturated rings. The van der Waals surface area contributed by atoms with Crippen molar-refractivity contribution in [3.05, 3.63) is 30.3 Å². The van der Waals surface area contributed by atoms with Crippen LogP contribution in [-0.4, -0.2) is 55.8 Å². The molecule has 2 N–H and O–H groups in total. The standard InChI is InChI=1S/C14H21N3O3S.ClH/c1-12(15)14(18)16-8-5-9-17(11-10-16)21(19,20)13-6-3-2-4-7-13;/h2-4,6-7,12H,5,8-11,15H2,1H3;1H/t12-;/m1./s1. The lowest BCUT2D eigenvalue weighted by Gasteiger charge is -2.23. The first kappa shape index (κ1) is 18.9. The van der Waals surface area contributed by atoms with Crippen molar-refractivity contribution in [1.29, 1.82) is 0 Å². The van der Waals surface area contributed by atoms with Crippen molar-refractivity contribution in [2.75, 3.05) is 26.2 Å². The number of rotatable bonds is 3. The van der Waals surface area contributed by atoms with Crippen molar-refractivity contribution in [1.82, 2.24) is 9.21 Å². The average molecular weight is 348 g/mol. The number of carbonyl (C=O) groups excluding carboxylic acids is 1. The largest absolute Gasteiger partial charge is 0.340 e. The first-order valence-corrected chi connectivity index (χ1v) is 8.46. The summed E-state index contributed by atoms with van der Waals surface area (Å²) in [6, 6.07) is 7.82. The van der Waals surface area contributed by atoms with Gasteiger partial charge in [0.2, 0.25) is 15.9 Å². The van der Waals surface area contributed by atoms with Crippen LogP contribution in [0.5, 0.6) is 0 Å². The molecule has 2 rings (SSSR count). The van der Waals surface area contributed by atoms with Gasteiger partial charge in [0.1, 0.15) is 0 Å². The average Bonchev–Trinajstić information content (AvgIpc) is 2.73. The molecule has 0 spiro atoms. The van der Waals surface area contributed by atoms with Crippen LogP contribution in [0.15, 0.2) is 35.2 Å². The Hall–Kier alpha value is -1.15. The maximum Gasteiger partial charge on any atom is 0.243 e. The SMILES string of the molecule is C[C@@H](N)C(=O)N1CCCN(S(=O)(=O)c2ccccc2)CC1.Cl.